The fourth-order valence-corrected chi connectivity index (χ4v) is 5.23. The molecule has 0 radical (unpaired) electrons. The average molecular weight is 343 g/mol. The number of hydrogen-bond donors (Lipinski definition) is 0. The molecule has 2 saturated heterocycles. The maximum atomic E-state index is 12.8. The molecule has 0 aromatic carbocycles. The van der Waals surface area contributed by atoms with Gasteiger partial charge >= 0.3 is 0 Å². The number of ether oxygens (including phenoxy) is 1. The summed E-state index contributed by atoms with van der Waals surface area (Å²) in [6.45, 7) is 6.88. The standard InChI is InChI=1S/C14H25N5O3S/c1-2-19-14(15-12-16-19)11-17-5-3-4-13(10-17)23(20,21)18-6-8-22-9-7-18/h12-13H,2-11H2,1H3/t13-/m0/s1. The highest BCUT2D eigenvalue weighted by Gasteiger charge is 2.36. The lowest BCUT2D eigenvalue weighted by atomic mass is 10.1. The molecule has 8 nitrogen and oxygen atoms in total. The Labute approximate surface area is 137 Å². The van der Waals surface area contributed by atoms with Crippen molar-refractivity contribution in [1.29, 1.82) is 0 Å². The molecule has 0 spiro atoms. The van der Waals surface area contributed by atoms with Crippen LogP contribution >= 0.6 is 0 Å². The van der Waals surface area contributed by atoms with E-state index in [2.05, 4.69) is 15.0 Å². The highest BCUT2D eigenvalue weighted by Crippen LogP contribution is 2.22. The number of likely N-dealkylation sites (tertiary alicyclic amines) is 1. The van der Waals surface area contributed by atoms with E-state index in [-0.39, 0.29) is 5.25 Å². The van der Waals surface area contributed by atoms with Gasteiger partial charge in [0.15, 0.2) is 0 Å². The molecule has 3 rings (SSSR count). The van der Waals surface area contributed by atoms with Crippen molar-refractivity contribution in [2.75, 3.05) is 39.4 Å². The van der Waals surface area contributed by atoms with Gasteiger partial charge in [0.25, 0.3) is 0 Å². The molecule has 23 heavy (non-hydrogen) atoms. The van der Waals surface area contributed by atoms with Crippen LogP contribution in [0.15, 0.2) is 6.33 Å². The van der Waals surface area contributed by atoms with E-state index in [0.29, 0.717) is 39.4 Å². The van der Waals surface area contributed by atoms with Crippen LogP contribution in [0.2, 0.25) is 0 Å². The maximum Gasteiger partial charge on any atom is 0.218 e. The van der Waals surface area contributed by atoms with Gasteiger partial charge in [-0.25, -0.2) is 18.1 Å². The van der Waals surface area contributed by atoms with Gasteiger partial charge in [-0.05, 0) is 26.3 Å². The molecule has 1 aromatic rings. The molecular formula is C14H25N5O3S. The number of nitrogens with zero attached hydrogens (tertiary/aromatic N) is 5. The molecule has 2 aliphatic rings. The lowest BCUT2D eigenvalue weighted by Gasteiger charge is -2.36. The molecule has 2 fully saturated rings. The molecule has 2 aliphatic heterocycles. The van der Waals surface area contributed by atoms with Gasteiger partial charge < -0.3 is 4.74 Å². The molecular weight excluding hydrogens is 318 g/mol. The summed E-state index contributed by atoms with van der Waals surface area (Å²) in [7, 11) is -3.24. The van der Waals surface area contributed by atoms with Gasteiger partial charge in [0.05, 0.1) is 25.0 Å². The van der Waals surface area contributed by atoms with Gasteiger partial charge in [-0.2, -0.15) is 9.40 Å². The molecule has 0 bridgehead atoms. The lowest BCUT2D eigenvalue weighted by Crippen LogP contribution is -2.50. The third-order valence-corrected chi connectivity index (χ3v) is 6.89. The molecule has 0 aliphatic carbocycles. The van der Waals surface area contributed by atoms with Crippen molar-refractivity contribution in [2.45, 2.75) is 38.1 Å². The van der Waals surface area contributed by atoms with E-state index in [9.17, 15) is 8.42 Å². The van der Waals surface area contributed by atoms with Gasteiger partial charge in [-0.3, -0.25) is 4.90 Å². The Bertz CT molecular complexity index is 612. The molecule has 3 heterocycles. The number of piperidine rings is 1. The van der Waals surface area contributed by atoms with Crippen LogP contribution < -0.4 is 0 Å². The van der Waals surface area contributed by atoms with Crippen LogP contribution in [-0.4, -0.2) is 77.0 Å². The first kappa shape index (κ1) is 16.8. The zero-order valence-corrected chi connectivity index (χ0v) is 14.4. The van der Waals surface area contributed by atoms with E-state index >= 15 is 0 Å². The fraction of sp³-hybridized carbons (Fsp3) is 0.857. The Morgan fingerprint density at radius 3 is 2.83 bits per heavy atom. The second kappa shape index (κ2) is 7.25. The summed E-state index contributed by atoms with van der Waals surface area (Å²) in [6.07, 6.45) is 3.19. The van der Waals surface area contributed by atoms with E-state index in [0.717, 1.165) is 31.8 Å². The third kappa shape index (κ3) is 3.73. The molecule has 130 valence electrons. The molecule has 0 saturated carbocycles. The molecule has 0 unspecified atom stereocenters. The van der Waals surface area contributed by atoms with E-state index in [1.165, 1.54) is 0 Å². The van der Waals surface area contributed by atoms with Crippen molar-refractivity contribution in [1.82, 2.24) is 24.0 Å². The van der Waals surface area contributed by atoms with Crippen molar-refractivity contribution in [3.05, 3.63) is 12.2 Å². The summed E-state index contributed by atoms with van der Waals surface area (Å²) in [6, 6.07) is 0. The van der Waals surface area contributed by atoms with Gasteiger partial charge in [0, 0.05) is 26.2 Å². The average Bonchev–Trinajstić information content (AvgIpc) is 3.03. The first-order valence-electron chi connectivity index (χ1n) is 8.27. The zero-order valence-electron chi connectivity index (χ0n) is 13.6. The molecule has 1 atom stereocenters. The van der Waals surface area contributed by atoms with Crippen molar-refractivity contribution >= 4 is 10.0 Å². The van der Waals surface area contributed by atoms with Gasteiger partial charge in [0.2, 0.25) is 10.0 Å². The molecule has 9 heteroatoms. The van der Waals surface area contributed by atoms with Crippen LogP contribution in [-0.2, 0) is 27.8 Å². The maximum absolute atomic E-state index is 12.8. The van der Waals surface area contributed by atoms with Gasteiger partial charge in [0.1, 0.15) is 12.2 Å². The number of morpholine rings is 1. The Kier molecular flexibility index (Phi) is 5.30. The van der Waals surface area contributed by atoms with Crippen molar-refractivity contribution in [2.24, 2.45) is 0 Å². The first-order chi connectivity index (χ1) is 11.1. The largest absolute Gasteiger partial charge is 0.379 e. The van der Waals surface area contributed by atoms with Crippen LogP contribution in [0, 0.1) is 0 Å². The highest BCUT2D eigenvalue weighted by molar-refractivity contribution is 7.89. The predicted octanol–water partition coefficient (Wildman–Crippen LogP) is -0.0756. The molecule has 0 amide bonds. The Morgan fingerprint density at radius 1 is 1.30 bits per heavy atom. The summed E-state index contributed by atoms with van der Waals surface area (Å²) >= 11 is 0. The number of aryl methyl sites for hydroxylation is 1. The summed E-state index contributed by atoms with van der Waals surface area (Å²) in [4.78, 5) is 6.47. The normalized spacial score (nSPS) is 24.8. The number of sulfonamides is 1. The van der Waals surface area contributed by atoms with Crippen LogP contribution in [0.4, 0.5) is 0 Å². The fourth-order valence-electron chi connectivity index (χ4n) is 3.29. The second-order valence-electron chi connectivity index (χ2n) is 6.05. The van der Waals surface area contributed by atoms with E-state index in [4.69, 9.17) is 4.74 Å². The van der Waals surface area contributed by atoms with Gasteiger partial charge in [-0.15, -0.1) is 0 Å². The number of aromatic nitrogens is 3. The Balaban J connectivity index is 1.65. The highest BCUT2D eigenvalue weighted by atomic mass is 32.2. The molecule has 1 aromatic heterocycles. The minimum absolute atomic E-state index is 0.327. The SMILES string of the molecule is CCn1ncnc1CN1CCC[C@H](S(=O)(=O)N2CCOCC2)C1. The summed E-state index contributed by atoms with van der Waals surface area (Å²) < 4.78 is 34.4. The van der Waals surface area contributed by atoms with Crippen LogP contribution in [0.25, 0.3) is 0 Å². The number of hydrogen-bond acceptors (Lipinski definition) is 6. The first-order valence-corrected chi connectivity index (χ1v) is 9.77. The smallest absolute Gasteiger partial charge is 0.218 e. The summed E-state index contributed by atoms with van der Waals surface area (Å²) in [5.41, 5.74) is 0. The lowest BCUT2D eigenvalue weighted by molar-refractivity contribution is 0.0718. The summed E-state index contributed by atoms with van der Waals surface area (Å²) in [5.74, 6) is 0.900. The van der Waals surface area contributed by atoms with E-state index in [1.54, 1.807) is 10.6 Å². The second-order valence-corrected chi connectivity index (χ2v) is 8.26. The Morgan fingerprint density at radius 2 is 2.09 bits per heavy atom. The van der Waals surface area contributed by atoms with E-state index < -0.39 is 10.0 Å². The monoisotopic (exact) mass is 343 g/mol. The quantitative estimate of drug-likeness (QED) is 0.744. The minimum atomic E-state index is -3.24. The van der Waals surface area contributed by atoms with E-state index in [1.807, 2.05) is 11.6 Å². The topological polar surface area (TPSA) is 80.6 Å². The number of rotatable bonds is 5. The Hall–Kier alpha value is -1.03. The zero-order chi connectivity index (χ0) is 16.3. The summed E-state index contributed by atoms with van der Waals surface area (Å²) in [5, 5.41) is 3.85. The van der Waals surface area contributed by atoms with Crippen molar-refractivity contribution < 1.29 is 13.2 Å². The van der Waals surface area contributed by atoms with Gasteiger partial charge in [-0.1, -0.05) is 0 Å². The minimum Gasteiger partial charge on any atom is -0.379 e. The molecule has 0 N–H and O–H groups in total. The third-order valence-electron chi connectivity index (χ3n) is 4.57. The van der Waals surface area contributed by atoms with Crippen molar-refractivity contribution in [3.8, 4) is 0 Å². The van der Waals surface area contributed by atoms with Crippen LogP contribution in [0.1, 0.15) is 25.6 Å². The predicted molar refractivity (Wildman–Crippen MR) is 85.3 cm³/mol. The van der Waals surface area contributed by atoms with Crippen molar-refractivity contribution in [3.63, 3.8) is 0 Å². The van der Waals surface area contributed by atoms with Crippen LogP contribution in [0.3, 0.4) is 0 Å². The van der Waals surface area contributed by atoms with Crippen LogP contribution in [0.5, 0.6) is 0 Å².